The highest BCUT2D eigenvalue weighted by Gasteiger charge is 2.26. The van der Waals surface area contributed by atoms with E-state index in [1.54, 1.807) is 6.07 Å². The summed E-state index contributed by atoms with van der Waals surface area (Å²) in [5.41, 5.74) is 1.65. The van der Waals surface area contributed by atoms with Gasteiger partial charge in [-0.2, -0.15) is 8.42 Å². The second-order valence-corrected chi connectivity index (χ2v) is 9.20. The molecule has 0 aliphatic heterocycles. The summed E-state index contributed by atoms with van der Waals surface area (Å²) in [6.45, 7) is 12.4. The summed E-state index contributed by atoms with van der Waals surface area (Å²) in [5, 5.41) is 1.51. The summed E-state index contributed by atoms with van der Waals surface area (Å²) >= 11 is 0. The smallest absolute Gasteiger partial charge is 0.282 e. The third-order valence-electron chi connectivity index (χ3n) is 3.90. The first-order valence-electron chi connectivity index (χ1n) is 7.37. The van der Waals surface area contributed by atoms with Crippen molar-refractivity contribution in [2.45, 2.75) is 57.3 Å². The molecule has 0 aliphatic rings. The Morgan fingerprint density at radius 1 is 0.818 bits per heavy atom. The molecule has 0 fully saturated rings. The first-order chi connectivity index (χ1) is 9.83. The average molecular weight is 320 g/mol. The van der Waals surface area contributed by atoms with Gasteiger partial charge in [0.25, 0.3) is 10.1 Å². The quantitative estimate of drug-likeness (QED) is 0.776. The van der Waals surface area contributed by atoms with Crippen molar-refractivity contribution in [1.29, 1.82) is 0 Å². The van der Waals surface area contributed by atoms with Gasteiger partial charge in [-0.25, -0.2) is 0 Å². The number of benzene rings is 2. The number of rotatable bonds is 1. The van der Waals surface area contributed by atoms with E-state index in [0.29, 0.717) is 5.39 Å². The molecule has 2 rings (SSSR count). The van der Waals surface area contributed by atoms with E-state index >= 15 is 0 Å². The minimum absolute atomic E-state index is 0.0129. The van der Waals surface area contributed by atoms with Gasteiger partial charge >= 0.3 is 0 Å². The van der Waals surface area contributed by atoms with Gasteiger partial charge in [-0.3, -0.25) is 4.55 Å². The SMILES string of the molecule is CC(C)(C)c1ccc(C(C)(C)C)c2c(S(=O)(=O)O)cccc12. The summed E-state index contributed by atoms with van der Waals surface area (Å²) in [6.07, 6.45) is 0. The molecule has 0 amide bonds. The van der Waals surface area contributed by atoms with Gasteiger partial charge in [-0.15, -0.1) is 0 Å². The molecule has 0 saturated carbocycles. The van der Waals surface area contributed by atoms with Gasteiger partial charge in [0.2, 0.25) is 0 Å². The molecule has 0 atom stereocenters. The molecule has 0 aromatic heterocycles. The molecule has 22 heavy (non-hydrogen) atoms. The second kappa shape index (κ2) is 5.07. The Bertz CT molecular complexity index is 820. The molecular formula is C18H24O3S. The van der Waals surface area contributed by atoms with Gasteiger partial charge in [0.15, 0.2) is 0 Å². The van der Waals surface area contributed by atoms with Crippen LogP contribution in [-0.4, -0.2) is 13.0 Å². The van der Waals surface area contributed by atoms with E-state index in [4.69, 9.17) is 0 Å². The molecule has 0 spiro atoms. The minimum atomic E-state index is -4.27. The fourth-order valence-electron chi connectivity index (χ4n) is 2.87. The molecular weight excluding hydrogens is 296 g/mol. The summed E-state index contributed by atoms with van der Waals surface area (Å²) in [4.78, 5) is -0.0129. The number of hydrogen-bond donors (Lipinski definition) is 1. The lowest BCUT2D eigenvalue weighted by Gasteiger charge is -2.27. The van der Waals surface area contributed by atoms with Crippen molar-refractivity contribution in [1.82, 2.24) is 0 Å². The van der Waals surface area contributed by atoms with Gasteiger partial charge in [-0.1, -0.05) is 65.8 Å². The molecule has 0 aliphatic carbocycles. The molecule has 0 saturated heterocycles. The van der Waals surface area contributed by atoms with Crippen LogP contribution in [0.2, 0.25) is 0 Å². The van der Waals surface area contributed by atoms with Crippen molar-refractivity contribution < 1.29 is 13.0 Å². The van der Waals surface area contributed by atoms with E-state index in [2.05, 4.69) is 26.8 Å². The normalized spacial score (nSPS) is 13.6. The Hall–Kier alpha value is -1.39. The van der Waals surface area contributed by atoms with Crippen LogP contribution in [0, 0.1) is 0 Å². The van der Waals surface area contributed by atoms with E-state index in [1.165, 1.54) is 6.07 Å². The molecule has 0 bridgehead atoms. The van der Waals surface area contributed by atoms with Crippen molar-refractivity contribution in [2.24, 2.45) is 0 Å². The lowest BCUT2D eigenvalue weighted by molar-refractivity contribution is 0.484. The third kappa shape index (κ3) is 3.03. The van der Waals surface area contributed by atoms with Crippen molar-refractivity contribution in [3.05, 3.63) is 41.5 Å². The first-order valence-corrected chi connectivity index (χ1v) is 8.81. The Labute approximate surface area is 133 Å². The van der Waals surface area contributed by atoms with E-state index in [-0.39, 0.29) is 15.7 Å². The third-order valence-corrected chi connectivity index (χ3v) is 4.79. The molecule has 1 N–H and O–H groups in total. The van der Waals surface area contributed by atoms with Gasteiger partial charge in [0.1, 0.15) is 4.90 Å². The largest absolute Gasteiger partial charge is 0.295 e. The van der Waals surface area contributed by atoms with E-state index in [1.807, 2.05) is 32.9 Å². The summed E-state index contributed by atoms with van der Waals surface area (Å²) in [5.74, 6) is 0. The number of hydrogen-bond acceptors (Lipinski definition) is 2. The summed E-state index contributed by atoms with van der Waals surface area (Å²) in [6, 6.07) is 9.14. The van der Waals surface area contributed by atoms with E-state index < -0.39 is 10.1 Å². The Morgan fingerprint density at radius 3 is 1.77 bits per heavy atom. The minimum Gasteiger partial charge on any atom is -0.282 e. The first kappa shape index (κ1) is 17.0. The van der Waals surface area contributed by atoms with Gasteiger partial charge in [0, 0.05) is 5.39 Å². The standard InChI is InChI=1S/C18H24O3S/c1-17(2,3)13-10-11-14(18(4,5)6)16-12(13)8-7-9-15(16)22(19,20)21/h7-11H,1-6H3,(H,19,20,21). The van der Waals surface area contributed by atoms with Crippen molar-refractivity contribution in [2.75, 3.05) is 0 Å². The molecule has 4 heteroatoms. The topological polar surface area (TPSA) is 54.4 Å². The highest BCUT2D eigenvalue weighted by atomic mass is 32.2. The molecule has 2 aromatic rings. The summed E-state index contributed by atoms with van der Waals surface area (Å²) < 4.78 is 33.3. The molecule has 3 nitrogen and oxygen atoms in total. The van der Waals surface area contributed by atoms with Crippen LogP contribution in [0.4, 0.5) is 0 Å². The van der Waals surface area contributed by atoms with Gasteiger partial charge < -0.3 is 0 Å². The average Bonchev–Trinajstić information content (AvgIpc) is 2.33. The zero-order valence-electron chi connectivity index (χ0n) is 14.1. The van der Waals surface area contributed by atoms with Crippen LogP contribution < -0.4 is 0 Å². The zero-order valence-corrected chi connectivity index (χ0v) is 14.9. The fraction of sp³-hybridized carbons (Fsp3) is 0.444. The maximum atomic E-state index is 11.8. The Morgan fingerprint density at radius 2 is 1.32 bits per heavy atom. The maximum absolute atomic E-state index is 11.8. The van der Waals surface area contributed by atoms with E-state index in [0.717, 1.165) is 16.5 Å². The zero-order chi connectivity index (χ0) is 16.9. The van der Waals surface area contributed by atoms with Crippen LogP contribution in [-0.2, 0) is 20.9 Å². The molecule has 2 aromatic carbocycles. The number of fused-ring (bicyclic) bond motifs is 1. The van der Waals surface area contributed by atoms with Gasteiger partial charge in [0.05, 0.1) is 0 Å². The van der Waals surface area contributed by atoms with Crippen molar-refractivity contribution in [3.8, 4) is 0 Å². The molecule has 0 unspecified atom stereocenters. The predicted octanol–water partition coefficient (Wildman–Crippen LogP) is 4.68. The Kier molecular flexibility index (Phi) is 3.91. The fourth-order valence-corrected chi connectivity index (χ4v) is 3.60. The highest BCUT2D eigenvalue weighted by molar-refractivity contribution is 7.86. The van der Waals surface area contributed by atoms with Gasteiger partial charge in [-0.05, 0) is 33.4 Å². The highest BCUT2D eigenvalue weighted by Crippen LogP contribution is 2.39. The van der Waals surface area contributed by atoms with Crippen LogP contribution in [0.15, 0.2) is 35.2 Å². The van der Waals surface area contributed by atoms with E-state index in [9.17, 15) is 13.0 Å². The Balaban J connectivity index is 3.09. The summed E-state index contributed by atoms with van der Waals surface area (Å²) in [7, 11) is -4.27. The lowest BCUT2D eigenvalue weighted by Crippen LogP contribution is -2.17. The molecule has 0 heterocycles. The van der Waals surface area contributed by atoms with Crippen LogP contribution in [0.3, 0.4) is 0 Å². The molecule has 0 radical (unpaired) electrons. The maximum Gasteiger partial charge on any atom is 0.295 e. The molecule has 120 valence electrons. The van der Waals surface area contributed by atoms with Crippen molar-refractivity contribution >= 4 is 20.9 Å². The van der Waals surface area contributed by atoms with Crippen LogP contribution in [0.25, 0.3) is 10.8 Å². The van der Waals surface area contributed by atoms with Crippen LogP contribution in [0.1, 0.15) is 52.7 Å². The van der Waals surface area contributed by atoms with Crippen molar-refractivity contribution in [3.63, 3.8) is 0 Å². The second-order valence-electron chi connectivity index (χ2n) is 7.81. The predicted molar refractivity (Wildman–Crippen MR) is 91.2 cm³/mol. The monoisotopic (exact) mass is 320 g/mol. The van der Waals surface area contributed by atoms with Crippen LogP contribution >= 0.6 is 0 Å². The van der Waals surface area contributed by atoms with Crippen LogP contribution in [0.5, 0.6) is 0 Å². The lowest BCUT2D eigenvalue weighted by atomic mass is 9.78.